The van der Waals surface area contributed by atoms with Crippen LogP contribution in [0.5, 0.6) is 0 Å². The lowest BCUT2D eigenvalue weighted by Gasteiger charge is -2.42. The third-order valence-corrected chi connectivity index (χ3v) is 11.6. The van der Waals surface area contributed by atoms with E-state index in [4.69, 9.17) is 16.3 Å². The molecule has 1 fully saturated rings. The number of carbonyl (C=O) groups is 2. The SMILES string of the molecule is CCOC(=O)c1c(NC(=O)C2CCN(S(=O)(=O)c3ccc(Cl)s3)CC2)sc2c1CC(C)(C)NC2(C)C. The van der Waals surface area contributed by atoms with Gasteiger partial charge >= 0.3 is 5.97 Å². The Bertz CT molecular complexity index is 1270. The number of amides is 1. The first-order valence-corrected chi connectivity index (χ1v) is 15.4. The molecule has 0 radical (unpaired) electrons. The van der Waals surface area contributed by atoms with Gasteiger partial charge in [-0.1, -0.05) is 11.6 Å². The smallest absolute Gasteiger partial charge is 0.341 e. The number of hydrogen-bond acceptors (Lipinski definition) is 8. The summed E-state index contributed by atoms with van der Waals surface area (Å²) in [4.78, 5) is 27.3. The van der Waals surface area contributed by atoms with Gasteiger partial charge in [0.2, 0.25) is 5.91 Å². The van der Waals surface area contributed by atoms with E-state index in [0.717, 1.165) is 21.8 Å². The van der Waals surface area contributed by atoms with Crippen LogP contribution in [0.4, 0.5) is 5.00 Å². The fourth-order valence-corrected chi connectivity index (χ4v) is 9.55. The summed E-state index contributed by atoms with van der Waals surface area (Å²) in [5.41, 5.74) is 0.738. The number of ether oxygens (including phenoxy) is 1. The lowest BCUT2D eigenvalue weighted by atomic mass is 9.81. The van der Waals surface area contributed by atoms with Gasteiger partial charge in [0.05, 0.1) is 16.5 Å². The Morgan fingerprint density at radius 1 is 1.19 bits per heavy atom. The van der Waals surface area contributed by atoms with Gasteiger partial charge in [0.15, 0.2) is 0 Å². The highest BCUT2D eigenvalue weighted by molar-refractivity contribution is 7.91. The summed E-state index contributed by atoms with van der Waals surface area (Å²) in [6, 6.07) is 3.08. The number of piperidine rings is 1. The van der Waals surface area contributed by atoms with E-state index < -0.39 is 16.0 Å². The molecule has 198 valence electrons. The number of hydrogen-bond donors (Lipinski definition) is 2. The van der Waals surface area contributed by atoms with Crippen LogP contribution in [0, 0.1) is 5.92 Å². The number of esters is 1. The van der Waals surface area contributed by atoms with Crippen molar-refractivity contribution in [1.82, 2.24) is 9.62 Å². The molecule has 4 rings (SSSR count). The van der Waals surface area contributed by atoms with E-state index in [2.05, 4.69) is 38.3 Å². The predicted molar refractivity (Wildman–Crippen MR) is 144 cm³/mol. The van der Waals surface area contributed by atoms with Crippen molar-refractivity contribution in [2.75, 3.05) is 25.0 Å². The second-order valence-corrected chi connectivity index (χ2v) is 15.3. The number of nitrogens with zero attached hydrogens (tertiary/aromatic N) is 1. The van der Waals surface area contributed by atoms with E-state index in [1.165, 1.54) is 21.7 Å². The molecule has 2 aromatic heterocycles. The number of rotatable bonds is 6. The highest BCUT2D eigenvalue weighted by Crippen LogP contribution is 2.45. The van der Waals surface area contributed by atoms with Gasteiger partial charge in [-0.3, -0.25) is 4.79 Å². The van der Waals surface area contributed by atoms with Crippen LogP contribution in [0.25, 0.3) is 0 Å². The molecule has 4 heterocycles. The number of carbonyl (C=O) groups excluding carboxylic acids is 2. The number of fused-ring (bicyclic) bond motifs is 1. The molecular formula is C24H32ClN3O5S3. The van der Waals surface area contributed by atoms with Crippen molar-refractivity contribution in [3.8, 4) is 0 Å². The third-order valence-electron chi connectivity index (χ3n) is 6.53. The highest BCUT2D eigenvalue weighted by atomic mass is 35.5. The van der Waals surface area contributed by atoms with Crippen LogP contribution in [0.2, 0.25) is 4.34 Å². The summed E-state index contributed by atoms with van der Waals surface area (Å²) in [5, 5.41) is 7.12. The Kier molecular flexibility index (Phi) is 7.64. The van der Waals surface area contributed by atoms with Crippen molar-refractivity contribution in [3.63, 3.8) is 0 Å². The first-order valence-electron chi connectivity index (χ1n) is 11.9. The molecule has 0 aliphatic carbocycles. The molecule has 1 amide bonds. The van der Waals surface area contributed by atoms with Crippen LogP contribution in [0.15, 0.2) is 16.3 Å². The summed E-state index contributed by atoms with van der Waals surface area (Å²) >= 11 is 8.35. The molecule has 0 aromatic carbocycles. The van der Waals surface area contributed by atoms with Crippen LogP contribution in [0.3, 0.4) is 0 Å². The predicted octanol–water partition coefficient (Wildman–Crippen LogP) is 4.84. The number of anilines is 1. The fourth-order valence-electron chi connectivity index (χ4n) is 5.17. The molecule has 0 saturated carbocycles. The van der Waals surface area contributed by atoms with Crippen LogP contribution < -0.4 is 10.6 Å². The molecule has 2 N–H and O–H groups in total. The van der Waals surface area contributed by atoms with Gasteiger partial charge in [0.1, 0.15) is 9.21 Å². The first kappa shape index (κ1) is 27.5. The van der Waals surface area contributed by atoms with Crippen LogP contribution in [0.1, 0.15) is 68.3 Å². The molecule has 0 unspecified atom stereocenters. The molecule has 8 nitrogen and oxygen atoms in total. The summed E-state index contributed by atoms with van der Waals surface area (Å²) < 4.78 is 33.2. The molecule has 0 atom stereocenters. The average molecular weight is 574 g/mol. The van der Waals surface area contributed by atoms with Gasteiger partial charge in [-0.05, 0) is 71.6 Å². The van der Waals surface area contributed by atoms with Gasteiger partial charge in [-0.25, -0.2) is 13.2 Å². The van der Waals surface area contributed by atoms with Gasteiger partial charge < -0.3 is 15.4 Å². The second kappa shape index (κ2) is 9.99. The van der Waals surface area contributed by atoms with E-state index in [9.17, 15) is 18.0 Å². The van der Waals surface area contributed by atoms with E-state index in [0.29, 0.717) is 34.2 Å². The van der Waals surface area contributed by atoms with Crippen molar-refractivity contribution >= 4 is 61.2 Å². The number of thiophene rings is 2. The fraction of sp³-hybridized carbons (Fsp3) is 0.583. The van der Waals surface area contributed by atoms with Crippen LogP contribution in [-0.4, -0.2) is 49.8 Å². The quantitative estimate of drug-likeness (QED) is 0.479. The molecule has 2 aliphatic heterocycles. The van der Waals surface area contributed by atoms with Gasteiger partial charge in [0, 0.05) is 35.0 Å². The minimum atomic E-state index is -3.63. The Morgan fingerprint density at radius 3 is 2.44 bits per heavy atom. The Morgan fingerprint density at radius 2 is 1.86 bits per heavy atom. The molecular weight excluding hydrogens is 542 g/mol. The van der Waals surface area contributed by atoms with E-state index >= 15 is 0 Å². The standard InChI is InChI=1S/C24H32ClN3O5S3/c1-6-33-22(30)18-15-13-23(2,3)27-24(4,5)19(15)35-21(18)26-20(29)14-9-11-28(12-10-14)36(31,32)17-8-7-16(25)34-17/h7-8,14,27H,6,9-13H2,1-5H3,(H,26,29). The second-order valence-electron chi connectivity index (χ2n) is 10.4. The maximum absolute atomic E-state index is 13.3. The molecule has 2 aliphatic rings. The van der Waals surface area contributed by atoms with Crippen molar-refractivity contribution in [2.24, 2.45) is 5.92 Å². The third kappa shape index (κ3) is 5.37. The Balaban J connectivity index is 1.53. The lowest BCUT2D eigenvalue weighted by Crippen LogP contribution is -2.55. The first-order chi connectivity index (χ1) is 16.7. The molecule has 1 saturated heterocycles. The zero-order valence-corrected chi connectivity index (χ0v) is 24.3. The van der Waals surface area contributed by atoms with E-state index in [1.54, 1.807) is 13.0 Å². The van der Waals surface area contributed by atoms with Crippen molar-refractivity contribution < 1.29 is 22.7 Å². The maximum Gasteiger partial charge on any atom is 0.341 e. The normalized spacial score (nSPS) is 20.1. The topological polar surface area (TPSA) is 105 Å². The van der Waals surface area contributed by atoms with Gasteiger partial charge in [-0.15, -0.1) is 22.7 Å². The molecule has 0 bridgehead atoms. The monoisotopic (exact) mass is 573 g/mol. The summed E-state index contributed by atoms with van der Waals surface area (Å²) in [5.74, 6) is -1.00. The maximum atomic E-state index is 13.3. The van der Waals surface area contributed by atoms with Gasteiger partial charge in [-0.2, -0.15) is 4.31 Å². The zero-order chi connectivity index (χ0) is 26.5. The van der Waals surface area contributed by atoms with Crippen molar-refractivity contribution in [1.29, 1.82) is 0 Å². The van der Waals surface area contributed by atoms with Crippen molar-refractivity contribution in [2.45, 2.75) is 69.2 Å². The van der Waals surface area contributed by atoms with E-state index in [1.807, 2.05) is 0 Å². The molecule has 12 heteroatoms. The average Bonchev–Trinajstić information content (AvgIpc) is 3.37. The van der Waals surface area contributed by atoms with Crippen LogP contribution >= 0.6 is 34.3 Å². The number of nitrogens with one attached hydrogen (secondary N) is 2. The van der Waals surface area contributed by atoms with Crippen LogP contribution in [-0.2, 0) is 31.5 Å². The minimum absolute atomic E-state index is 0.206. The summed E-state index contributed by atoms with van der Waals surface area (Å²) in [7, 11) is -3.63. The number of halogens is 1. The molecule has 2 aromatic rings. The highest BCUT2D eigenvalue weighted by Gasteiger charge is 2.42. The number of sulfonamides is 1. The lowest BCUT2D eigenvalue weighted by molar-refractivity contribution is -0.120. The summed E-state index contributed by atoms with van der Waals surface area (Å²) in [6.07, 6.45) is 1.42. The van der Waals surface area contributed by atoms with Gasteiger partial charge in [0.25, 0.3) is 10.0 Å². The summed E-state index contributed by atoms with van der Waals surface area (Å²) in [6.45, 7) is 10.8. The zero-order valence-electron chi connectivity index (χ0n) is 21.1. The largest absolute Gasteiger partial charge is 0.462 e. The Hall–Kier alpha value is -1.50. The van der Waals surface area contributed by atoms with Crippen molar-refractivity contribution in [3.05, 3.63) is 32.5 Å². The Labute approximate surface area is 225 Å². The molecule has 36 heavy (non-hydrogen) atoms. The minimum Gasteiger partial charge on any atom is -0.462 e. The molecule has 0 spiro atoms. The van der Waals surface area contributed by atoms with E-state index in [-0.39, 0.29) is 46.8 Å².